The van der Waals surface area contributed by atoms with Gasteiger partial charge < -0.3 is 9.47 Å². The first-order valence-electron chi connectivity index (χ1n) is 7.74. The van der Waals surface area contributed by atoms with Gasteiger partial charge >= 0.3 is 5.97 Å². The SMILES string of the molecule is O=C(OC1CCCC1)C1(c2ccccc2)OC12CCC2. The summed E-state index contributed by atoms with van der Waals surface area (Å²) in [5, 5.41) is 0. The van der Waals surface area contributed by atoms with Crippen molar-refractivity contribution in [1.82, 2.24) is 0 Å². The lowest BCUT2D eigenvalue weighted by Crippen LogP contribution is -2.39. The van der Waals surface area contributed by atoms with E-state index in [0.29, 0.717) is 0 Å². The minimum absolute atomic E-state index is 0.101. The third-order valence-electron chi connectivity index (χ3n) is 5.15. The van der Waals surface area contributed by atoms with Crippen molar-refractivity contribution in [1.29, 1.82) is 0 Å². The molecule has 1 aliphatic heterocycles. The Morgan fingerprint density at radius 2 is 1.80 bits per heavy atom. The van der Waals surface area contributed by atoms with Crippen LogP contribution in [0, 0.1) is 0 Å². The molecule has 106 valence electrons. The second-order valence-electron chi connectivity index (χ2n) is 6.31. The molecule has 20 heavy (non-hydrogen) atoms. The summed E-state index contributed by atoms with van der Waals surface area (Å²) in [6.45, 7) is 0. The Balaban J connectivity index is 1.61. The van der Waals surface area contributed by atoms with Crippen LogP contribution in [0.1, 0.15) is 50.5 Å². The number of carbonyl (C=O) groups excluding carboxylic acids is 1. The third-order valence-corrected chi connectivity index (χ3v) is 5.15. The quantitative estimate of drug-likeness (QED) is 0.626. The molecule has 1 saturated heterocycles. The van der Waals surface area contributed by atoms with E-state index >= 15 is 0 Å². The van der Waals surface area contributed by atoms with Gasteiger partial charge in [-0.25, -0.2) is 4.79 Å². The van der Waals surface area contributed by atoms with Gasteiger partial charge in [0.05, 0.1) is 0 Å². The predicted octanol–water partition coefficient (Wildman–Crippen LogP) is 3.32. The van der Waals surface area contributed by atoms with E-state index in [1.807, 2.05) is 30.3 Å². The molecule has 2 aliphatic carbocycles. The number of ether oxygens (including phenoxy) is 2. The molecule has 0 amide bonds. The van der Waals surface area contributed by atoms with Gasteiger partial charge in [0, 0.05) is 0 Å². The number of carbonyl (C=O) groups is 1. The number of esters is 1. The zero-order valence-electron chi connectivity index (χ0n) is 11.6. The second kappa shape index (κ2) is 4.32. The summed E-state index contributed by atoms with van der Waals surface area (Å²) < 4.78 is 11.8. The maximum atomic E-state index is 12.7. The molecule has 1 aromatic rings. The highest BCUT2D eigenvalue weighted by Gasteiger charge is 2.78. The Morgan fingerprint density at radius 3 is 2.35 bits per heavy atom. The zero-order chi connectivity index (χ0) is 13.6. The van der Waals surface area contributed by atoms with Crippen LogP contribution in [0.15, 0.2) is 30.3 Å². The van der Waals surface area contributed by atoms with Crippen LogP contribution in [0.4, 0.5) is 0 Å². The maximum Gasteiger partial charge on any atom is 0.346 e. The molecular formula is C17H20O3. The van der Waals surface area contributed by atoms with E-state index in [4.69, 9.17) is 9.47 Å². The molecule has 3 heteroatoms. The molecule has 2 saturated carbocycles. The summed E-state index contributed by atoms with van der Waals surface area (Å²) in [5.41, 5.74) is -0.109. The van der Waals surface area contributed by atoms with Crippen molar-refractivity contribution in [3.63, 3.8) is 0 Å². The zero-order valence-corrected chi connectivity index (χ0v) is 11.6. The molecule has 0 bridgehead atoms. The van der Waals surface area contributed by atoms with Crippen LogP contribution in [0.25, 0.3) is 0 Å². The molecule has 1 unspecified atom stereocenters. The first kappa shape index (κ1) is 12.4. The molecule has 0 aromatic heterocycles. The van der Waals surface area contributed by atoms with Crippen molar-refractivity contribution < 1.29 is 14.3 Å². The van der Waals surface area contributed by atoms with Gasteiger partial charge in [-0.3, -0.25) is 0 Å². The van der Waals surface area contributed by atoms with Gasteiger partial charge in [0.1, 0.15) is 11.7 Å². The fourth-order valence-electron chi connectivity index (χ4n) is 3.80. The van der Waals surface area contributed by atoms with Crippen LogP contribution in [0.3, 0.4) is 0 Å². The number of hydrogen-bond acceptors (Lipinski definition) is 3. The first-order chi connectivity index (χ1) is 9.77. The molecule has 3 nitrogen and oxygen atoms in total. The Morgan fingerprint density at radius 1 is 1.10 bits per heavy atom. The molecule has 1 aromatic carbocycles. The molecule has 3 fully saturated rings. The average Bonchev–Trinajstić information content (AvgIpc) is 2.95. The normalized spacial score (nSPS) is 31.0. The molecule has 4 rings (SSSR count). The van der Waals surface area contributed by atoms with Crippen LogP contribution < -0.4 is 0 Å². The van der Waals surface area contributed by atoms with Crippen molar-refractivity contribution >= 4 is 5.97 Å². The van der Waals surface area contributed by atoms with E-state index in [1.54, 1.807) is 0 Å². The Kier molecular flexibility index (Phi) is 2.68. The maximum absolute atomic E-state index is 12.7. The molecule has 1 heterocycles. The average molecular weight is 272 g/mol. The van der Waals surface area contributed by atoms with E-state index in [0.717, 1.165) is 37.7 Å². The fraction of sp³-hybridized carbons (Fsp3) is 0.588. The molecule has 0 radical (unpaired) electrons. The summed E-state index contributed by atoms with van der Waals surface area (Å²) in [5.74, 6) is -0.157. The van der Waals surface area contributed by atoms with Crippen LogP contribution in [-0.2, 0) is 19.9 Å². The lowest BCUT2D eigenvalue weighted by Gasteiger charge is -2.27. The number of hydrogen-bond donors (Lipinski definition) is 0. The first-order valence-corrected chi connectivity index (χ1v) is 7.74. The standard InChI is InChI=1S/C17H20O3/c18-15(19-14-9-4-5-10-14)17(13-7-2-1-3-8-13)16(20-17)11-6-12-16/h1-3,7-8,14H,4-6,9-12H2. The highest BCUT2D eigenvalue weighted by Crippen LogP contribution is 2.66. The van der Waals surface area contributed by atoms with E-state index < -0.39 is 5.60 Å². The topological polar surface area (TPSA) is 38.8 Å². The molecule has 1 atom stereocenters. The highest BCUT2D eigenvalue weighted by atomic mass is 16.7. The van der Waals surface area contributed by atoms with Gasteiger partial charge in [0.25, 0.3) is 0 Å². The van der Waals surface area contributed by atoms with E-state index in [2.05, 4.69) is 0 Å². The van der Waals surface area contributed by atoms with Gasteiger partial charge in [0.2, 0.25) is 5.60 Å². The van der Waals surface area contributed by atoms with E-state index in [1.165, 1.54) is 12.8 Å². The predicted molar refractivity (Wildman–Crippen MR) is 74.1 cm³/mol. The van der Waals surface area contributed by atoms with Gasteiger partial charge in [0.15, 0.2) is 0 Å². The minimum Gasteiger partial charge on any atom is -0.460 e. The van der Waals surface area contributed by atoms with Crippen molar-refractivity contribution in [3.8, 4) is 0 Å². The molecule has 0 N–H and O–H groups in total. The number of epoxide rings is 1. The molecular weight excluding hydrogens is 252 g/mol. The van der Waals surface area contributed by atoms with Crippen LogP contribution in [0.5, 0.6) is 0 Å². The summed E-state index contributed by atoms with van der Waals surface area (Å²) in [6.07, 6.45) is 7.54. The fourth-order valence-corrected chi connectivity index (χ4v) is 3.80. The van der Waals surface area contributed by atoms with Crippen LogP contribution in [-0.4, -0.2) is 17.7 Å². The largest absolute Gasteiger partial charge is 0.460 e. The van der Waals surface area contributed by atoms with Crippen molar-refractivity contribution in [2.45, 2.75) is 62.3 Å². The summed E-state index contributed by atoms with van der Waals surface area (Å²) in [7, 11) is 0. The van der Waals surface area contributed by atoms with Crippen LogP contribution >= 0.6 is 0 Å². The van der Waals surface area contributed by atoms with Gasteiger partial charge in [-0.1, -0.05) is 30.3 Å². The lowest BCUT2D eigenvalue weighted by atomic mass is 9.73. The summed E-state index contributed by atoms with van der Waals surface area (Å²) >= 11 is 0. The van der Waals surface area contributed by atoms with Gasteiger partial charge in [-0.2, -0.15) is 0 Å². The highest BCUT2D eigenvalue weighted by molar-refractivity contribution is 5.87. The number of benzene rings is 1. The number of rotatable bonds is 3. The Hall–Kier alpha value is -1.35. The summed E-state index contributed by atoms with van der Waals surface area (Å²) in [6, 6.07) is 9.88. The minimum atomic E-state index is -0.810. The monoisotopic (exact) mass is 272 g/mol. The lowest BCUT2D eigenvalue weighted by molar-refractivity contribution is -0.156. The third kappa shape index (κ3) is 1.59. The van der Waals surface area contributed by atoms with E-state index in [9.17, 15) is 4.79 Å². The molecule has 1 spiro atoms. The Labute approximate surface area is 119 Å². The second-order valence-corrected chi connectivity index (χ2v) is 6.31. The van der Waals surface area contributed by atoms with Crippen LogP contribution in [0.2, 0.25) is 0 Å². The van der Waals surface area contributed by atoms with Gasteiger partial charge in [-0.05, 0) is 50.5 Å². The van der Waals surface area contributed by atoms with Crippen molar-refractivity contribution in [3.05, 3.63) is 35.9 Å². The van der Waals surface area contributed by atoms with Crippen molar-refractivity contribution in [2.75, 3.05) is 0 Å². The van der Waals surface area contributed by atoms with E-state index in [-0.39, 0.29) is 17.7 Å². The summed E-state index contributed by atoms with van der Waals surface area (Å²) in [4.78, 5) is 12.7. The van der Waals surface area contributed by atoms with Gasteiger partial charge in [-0.15, -0.1) is 0 Å². The van der Waals surface area contributed by atoms with Crippen molar-refractivity contribution in [2.24, 2.45) is 0 Å². The molecule has 3 aliphatic rings. The Bertz CT molecular complexity index is 514. The smallest absolute Gasteiger partial charge is 0.346 e.